The van der Waals surface area contributed by atoms with Gasteiger partial charge in [-0.25, -0.2) is 8.78 Å². The molecule has 4 nitrogen and oxygen atoms in total. The minimum absolute atomic E-state index is 0.0363. The van der Waals surface area contributed by atoms with E-state index in [2.05, 4.69) is 0 Å². The predicted molar refractivity (Wildman–Crippen MR) is 65.9 cm³/mol. The highest BCUT2D eigenvalue weighted by molar-refractivity contribution is 5.77. The first-order chi connectivity index (χ1) is 9.02. The van der Waals surface area contributed by atoms with E-state index in [1.165, 1.54) is 0 Å². The second-order valence-corrected chi connectivity index (χ2v) is 4.61. The molecule has 0 radical (unpaired) electrons. The van der Waals surface area contributed by atoms with Gasteiger partial charge in [-0.3, -0.25) is 9.59 Å². The first-order valence-corrected chi connectivity index (χ1v) is 6.01. The van der Waals surface area contributed by atoms with Gasteiger partial charge in [0.15, 0.2) is 0 Å². The molecule has 0 unspecified atom stereocenters. The SMILES string of the molecule is NC(=O)C1CCN(c2c(F)cc(C=O)cc2F)CC1. The smallest absolute Gasteiger partial charge is 0.220 e. The Bertz CT molecular complexity index is 488. The number of halogens is 2. The highest BCUT2D eigenvalue weighted by Gasteiger charge is 2.26. The van der Waals surface area contributed by atoms with Crippen LogP contribution >= 0.6 is 0 Å². The van der Waals surface area contributed by atoms with Gasteiger partial charge >= 0.3 is 0 Å². The fourth-order valence-corrected chi connectivity index (χ4v) is 2.34. The number of hydrogen-bond donors (Lipinski definition) is 1. The maximum absolute atomic E-state index is 13.8. The third kappa shape index (κ3) is 2.72. The molecular formula is C13H14F2N2O2. The molecule has 1 saturated heterocycles. The van der Waals surface area contributed by atoms with Crippen molar-refractivity contribution in [3.05, 3.63) is 29.3 Å². The van der Waals surface area contributed by atoms with Crippen molar-refractivity contribution in [1.29, 1.82) is 0 Å². The number of primary amides is 1. The molecule has 1 aliphatic rings. The quantitative estimate of drug-likeness (QED) is 0.844. The molecule has 1 aromatic carbocycles. The average molecular weight is 268 g/mol. The van der Waals surface area contributed by atoms with Crippen molar-refractivity contribution < 1.29 is 18.4 Å². The minimum Gasteiger partial charge on any atom is -0.369 e. The van der Waals surface area contributed by atoms with Crippen LogP contribution in [0.3, 0.4) is 0 Å². The summed E-state index contributed by atoms with van der Waals surface area (Å²) in [5.74, 6) is -2.15. The third-order valence-electron chi connectivity index (χ3n) is 3.39. The molecule has 0 spiro atoms. The topological polar surface area (TPSA) is 63.4 Å². The van der Waals surface area contributed by atoms with Crippen molar-refractivity contribution in [3.8, 4) is 0 Å². The number of piperidine rings is 1. The second-order valence-electron chi connectivity index (χ2n) is 4.61. The zero-order chi connectivity index (χ0) is 14.0. The summed E-state index contributed by atoms with van der Waals surface area (Å²) in [6, 6.07) is 2.01. The van der Waals surface area contributed by atoms with Crippen LogP contribution in [0.15, 0.2) is 12.1 Å². The third-order valence-corrected chi connectivity index (χ3v) is 3.39. The number of anilines is 1. The molecular weight excluding hydrogens is 254 g/mol. The van der Waals surface area contributed by atoms with Gasteiger partial charge in [-0.15, -0.1) is 0 Å². The highest BCUT2D eigenvalue weighted by atomic mass is 19.1. The van der Waals surface area contributed by atoms with Crippen LogP contribution in [0.5, 0.6) is 0 Å². The van der Waals surface area contributed by atoms with Gasteiger partial charge in [-0.2, -0.15) is 0 Å². The number of carbonyl (C=O) groups is 2. The lowest BCUT2D eigenvalue weighted by atomic mass is 9.96. The van der Waals surface area contributed by atoms with Crippen LogP contribution in [0.2, 0.25) is 0 Å². The van der Waals surface area contributed by atoms with Gasteiger partial charge in [0.05, 0.1) is 0 Å². The normalized spacial score (nSPS) is 16.4. The van der Waals surface area contributed by atoms with E-state index in [0.29, 0.717) is 32.2 Å². The molecule has 1 aliphatic heterocycles. The Morgan fingerprint density at radius 3 is 2.21 bits per heavy atom. The predicted octanol–water partition coefficient (Wildman–Crippen LogP) is 1.48. The Hall–Kier alpha value is -1.98. The summed E-state index contributed by atoms with van der Waals surface area (Å²) in [5, 5.41) is 0. The van der Waals surface area contributed by atoms with E-state index in [1.807, 2.05) is 0 Å². The van der Waals surface area contributed by atoms with Crippen LogP contribution in [-0.2, 0) is 4.79 Å². The minimum atomic E-state index is -0.764. The van der Waals surface area contributed by atoms with E-state index in [4.69, 9.17) is 5.73 Å². The van der Waals surface area contributed by atoms with Crippen molar-refractivity contribution in [1.82, 2.24) is 0 Å². The molecule has 19 heavy (non-hydrogen) atoms. The second kappa shape index (κ2) is 5.34. The van der Waals surface area contributed by atoms with Gasteiger partial charge in [-0.1, -0.05) is 0 Å². The fourth-order valence-electron chi connectivity index (χ4n) is 2.34. The number of nitrogens with zero attached hydrogens (tertiary/aromatic N) is 1. The zero-order valence-corrected chi connectivity index (χ0v) is 10.2. The van der Waals surface area contributed by atoms with Crippen LogP contribution in [0.25, 0.3) is 0 Å². The van der Waals surface area contributed by atoms with E-state index in [1.54, 1.807) is 4.90 Å². The summed E-state index contributed by atoms with van der Waals surface area (Å²) in [7, 11) is 0. The van der Waals surface area contributed by atoms with Crippen LogP contribution in [-0.4, -0.2) is 25.3 Å². The van der Waals surface area contributed by atoms with E-state index in [9.17, 15) is 18.4 Å². The molecule has 102 valence electrons. The van der Waals surface area contributed by atoms with Crippen molar-refractivity contribution in [3.63, 3.8) is 0 Å². The van der Waals surface area contributed by atoms with Gasteiger partial charge in [-0.05, 0) is 25.0 Å². The standard InChI is InChI=1S/C13H14F2N2O2/c14-10-5-8(7-18)6-11(15)12(10)17-3-1-9(2-4-17)13(16)19/h5-7,9H,1-4H2,(H2,16,19). The summed E-state index contributed by atoms with van der Waals surface area (Å²) in [5.41, 5.74) is 5.02. The molecule has 2 rings (SSSR count). The maximum Gasteiger partial charge on any atom is 0.220 e. The first kappa shape index (κ1) is 13.5. The van der Waals surface area contributed by atoms with Gasteiger partial charge in [0, 0.05) is 24.6 Å². The number of nitrogens with two attached hydrogens (primary N) is 1. The van der Waals surface area contributed by atoms with Gasteiger partial charge in [0.1, 0.15) is 23.6 Å². The number of benzene rings is 1. The molecule has 1 heterocycles. The van der Waals surface area contributed by atoms with Crippen molar-refractivity contribution in [2.75, 3.05) is 18.0 Å². The monoisotopic (exact) mass is 268 g/mol. The molecule has 1 aromatic rings. The van der Waals surface area contributed by atoms with E-state index < -0.39 is 11.6 Å². The number of aldehydes is 1. The molecule has 0 aliphatic carbocycles. The van der Waals surface area contributed by atoms with Gasteiger partial charge < -0.3 is 10.6 Å². The largest absolute Gasteiger partial charge is 0.369 e. The molecule has 0 saturated carbocycles. The summed E-state index contributed by atoms with van der Waals surface area (Å²) < 4.78 is 27.6. The molecule has 2 N–H and O–H groups in total. The summed E-state index contributed by atoms with van der Waals surface area (Å²) in [4.78, 5) is 23.1. The maximum atomic E-state index is 13.8. The molecule has 6 heteroatoms. The van der Waals surface area contributed by atoms with E-state index >= 15 is 0 Å². The Balaban J connectivity index is 2.20. The van der Waals surface area contributed by atoms with E-state index in [-0.39, 0.29) is 23.1 Å². The van der Waals surface area contributed by atoms with Crippen LogP contribution < -0.4 is 10.6 Å². The van der Waals surface area contributed by atoms with Crippen LogP contribution in [0.4, 0.5) is 14.5 Å². The Labute approximate surface area is 109 Å². The lowest BCUT2D eigenvalue weighted by Crippen LogP contribution is -2.39. The molecule has 0 aromatic heterocycles. The Kier molecular flexibility index (Phi) is 3.78. The number of amides is 1. The lowest BCUT2D eigenvalue weighted by molar-refractivity contribution is -0.122. The molecule has 0 atom stereocenters. The van der Waals surface area contributed by atoms with Crippen molar-refractivity contribution in [2.24, 2.45) is 11.7 Å². The summed E-state index contributed by atoms with van der Waals surface area (Å²) in [6.07, 6.45) is 1.35. The number of rotatable bonds is 3. The highest BCUT2D eigenvalue weighted by Crippen LogP contribution is 2.28. The number of hydrogen-bond acceptors (Lipinski definition) is 3. The van der Waals surface area contributed by atoms with Gasteiger partial charge in [0.2, 0.25) is 5.91 Å². The molecule has 1 fully saturated rings. The van der Waals surface area contributed by atoms with E-state index in [0.717, 1.165) is 12.1 Å². The Morgan fingerprint density at radius 1 is 1.26 bits per heavy atom. The average Bonchev–Trinajstić information content (AvgIpc) is 2.38. The fraction of sp³-hybridized carbons (Fsp3) is 0.385. The molecule has 1 amide bonds. The first-order valence-electron chi connectivity index (χ1n) is 6.01. The van der Waals surface area contributed by atoms with Crippen molar-refractivity contribution in [2.45, 2.75) is 12.8 Å². The van der Waals surface area contributed by atoms with Crippen molar-refractivity contribution >= 4 is 17.9 Å². The van der Waals surface area contributed by atoms with Gasteiger partial charge in [0.25, 0.3) is 0 Å². The van der Waals surface area contributed by atoms with Crippen LogP contribution in [0.1, 0.15) is 23.2 Å². The Morgan fingerprint density at radius 2 is 1.79 bits per heavy atom. The molecule has 0 bridgehead atoms. The number of carbonyl (C=O) groups excluding carboxylic acids is 2. The van der Waals surface area contributed by atoms with Crippen LogP contribution in [0, 0.1) is 17.6 Å². The lowest BCUT2D eigenvalue weighted by Gasteiger charge is -2.32. The zero-order valence-electron chi connectivity index (χ0n) is 10.2. The summed E-state index contributed by atoms with van der Waals surface area (Å²) >= 11 is 0. The summed E-state index contributed by atoms with van der Waals surface area (Å²) in [6.45, 7) is 0.726.